The summed E-state index contributed by atoms with van der Waals surface area (Å²) in [7, 11) is 0. The second kappa shape index (κ2) is 16.2. The number of fused-ring (bicyclic) bond motifs is 4. The lowest BCUT2D eigenvalue weighted by Gasteiger charge is -2.15. The Morgan fingerprint density at radius 1 is 0.492 bits per heavy atom. The molecule has 8 rings (SSSR count). The van der Waals surface area contributed by atoms with Gasteiger partial charge in [0.2, 0.25) is 5.82 Å². The fourth-order valence-electron chi connectivity index (χ4n) is 6.63. The van der Waals surface area contributed by atoms with E-state index >= 15 is 0 Å². The minimum absolute atomic E-state index is 0.0495. The molecule has 0 aliphatic rings. The molecule has 0 N–H and O–H groups in total. The van der Waals surface area contributed by atoms with Crippen molar-refractivity contribution in [2.75, 3.05) is 0 Å². The largest absolute Gasteiger partial charge is 0.450 e. The van der Waals surface area contributed by atoms with Crippen molar-refractivity contribution in [3.63, 3.8) is 0 Å². The molecule has 13 heteroatoms. The lowest BCUT2D eigenvalue weighted by atomic mass is 9.91. The van der Waals surface area contributed by atoms with Crippen molar-refractivity contribution in [2.45, 2.75) is 132 Å². The fourth-order valence-corrected chi connectivity index (χ4v) is 6.63. The van der Waals surface area contributed by atoms with Crippen LogP contribution in [0.4, 0.5) is 13.2 Å². The third kappa shape index (κ3) is 10.00. The van der Waals surface area contributed by atoms with Gasteiger partial charge in [0.05, 0.1) is 33.8 Å². The molecule has 0 aliphatic carbocycles. The summed E-state index contributed by atoms with van der Waals surface area (Å²) in [6.07, 6.45) is 8.58. The second-order valence-corrected chi connectivity index (χ2v) is 19.0. The van der Waals surface area contributed by atoms with Gasteiger partial charge in [0.25, 0.3) is 0 Å². The van der Waals surface area contributed by atoms with Crippen molar-refractivity contribution in [3.05, 3.63) is 132 Å². The predicted molar refractivity (Wildman–Crippen MR) is 230 cm³/mol. The molecule has 0 spiro atoms. The monoisotopic (exact) mass is 808 g/mol. The van der Waals surface area contributed by atoms with Gasteiger partial charge < -0.3 is 4.40 Å². The smallest absolute Gasteiger partial charge is 0.304 e. The van der Waals surface area contributed by atoms with Crippen LogP contribution in [0.5, 0.6) is 0 Å². The van der Waals surface area contributed by atoms with Crippen LogP contribution in [0.1, 0.15) is 129 Å². The van der Waals surface area contributed by atoms with Crippen LogP contribution < -0.4 is 0 Å². The highest BCUT2D eigenvalue weighted by molar-refractivity contribution is 5.57. The van der Waals surface area contributed by atoms with Crippen LogP contribution >= 0.6 is 0 Å². The van der Waals surface area contributed by atoms with E-state index in [2.05, 4.69) is 115 Å². The van der Waals surface area contributed by atoms with Crippen molar-refractivity contribution in [1.82, 2.24) is 47.5 Å². The van der Waals surface area contributed by atoms with Crippen LogP contribution in [-0.2, 0) is 27.8 Å². The summed E-state index contributed by atoms with van der Waals surface area (Å²) in [5.74, 6) is 1.20. The molecule has 314 valence electrons. The highest BCUT2D eigenvalue weighted by atomic mass is 19.4. The molecule has 8 aromatic heterocycles. The molecule has 0 amide bonds. The highest BCUT2D eigenvalue weighted by Crippen LogP contribution is 2.34. The van der Waals surface area contributed by atoms with E-state index in [9.17, 15) is 13.2 Å². The zero-order valence-electron chi connectivity index (χ0n) is 37.2. The Bertz CT molecular complexity index is 2540. The summed E-state index contributed by atoms with van der Waals surface area (Å²) < 4.78 is 45.8. The molecule has 8 aromatic rings. The van der Waals surface area contributed by atoms with Gasteiger partial charge >= 0.3 is 6.18 Å². The first-order valence-electron chi connectivity index (χ1n) is 19.8. The fraction of sp³-hybridized carbons (Fsp3) is 0.435. The van der Waals surface area contributed by atoms with Crippen LogP contribution in [0.15, 0.2) is 86.0 Å². The van der Waals surface area contributed by atoms with Gasteiger partial charge in [-0.15, -0.1) is 0 Å². The quantitative estimate of drug-likeness (QED) is 0.151. The van der Waals surface area contributed by atoms with E-state index in [1.165, 1.54) is 17.4 Å². The van der Waals surface area contributed by atoms with Crippen molar-refractivity contribution < 1.29 is 13.2 Å². The van der Waals surface area contributed by atoms with E-state index in [0.29, 0.717) is 11.2 Å². The lowest BCUT2D eigenvalue weighted by Crippen LogP contribution is -2.13. The first kappa shape index (κ1) is 44.5. The van der Waals surface area contributed by atoms with Gasteiger partial charge in [-0.25, -0.2) is 29.9 Å². The number of aryl methyl sites for hydroxylation is 3. The maximum atomic E-state index is 12.8. The average Bonchev–Trinajstić information content (AvgIpc) is 3.90. The maximum Gasteiger partial charge on any atom is 0.450 e. The summed E-state index contributed by atoms with van der Waals surface area (Å²) in [6.45, 7) is 31.1. The third-order valence-corrected chi connectivity index (χ3v) is 9.45. The second-order valence-electron chi connectivity index (χ2n) is 19.0. The normalized spacial score (nSPS) is 12.6. The summed E-state index contributed by atoms with van der Waals surface area (Å²) in [6, 6.07) is 13.1. The molecule has 0 bridgehead atoms. The SMILES string of the molecule is CC(C)(C)c1nc(C(F)(F)F)n2ccccc12.Cc1cnc2c(C(C)(C)C)ncn2c1.Cc1nc(C(C)(C)C)c2ccccn12.Cc1nc(C(C)(C)C)c2ncccn12. The Labute approximate surface area is 345 Å². The zero-order valence-corrected chi connectivity index (χ0v) is 37.2. The van der Waals surface area contributed by atoms with E-state index in [1.807, 2.05) is 93.6 Å². The molecule has 0 fully saturated rings. The molecule has 0 aliphatic heterocycles. The lowest BCUT2D eigenvalue weighted by molar-refractivity contribution is -0.145. The number of alkyl halides is 3. The number of hydrogen-bond acceptors (Lipinski definition) is 6. The van der Waals surface area contributed by atoms with Crippen LogP contribution in [0, 0.1) is 20.8 Å². The Kier molecular flexibility index (Phi) is 12.2. The molecule has 0 saturated heterocycles. The van der Waals surface area contributed by atoms with E-state index in [4.69, 9.17) is 0 Å². The first-order chi connectivity index (χ1) is 27.2. The van der Waals surface area contributed by atoms with Crippen molar-refractivity contribution in [2.24, 2.45) is 0 Å². The van der Waals surface area contributed by atoms with E-state index < -0.39 is 17.4 Å². The minimum Gasteiger partial charge on any atom is -0.304 e. The average molecular weight is 809 g/mol. The molecule has 10 nitrogen and oxygen atoms in total. The van der Waals surface area contributed by atoms with Crippen LogP contribution in [0.3, 0.4) is 0 Å². The summed E-state index contributed by atoms with van der Waals surface area (Å²) in [5.41, 5.74) is 8.36. The zero-order chi connectivity index (χ0) is 43.9. The molecule has 0 atom stereocenters. The van der Waals surface area contributed by atoms with Gasteiger partial charge in [-0.05, 0) is 56.7 Å². The Balaban J connectivity index is 0.000000150. The molecule has 0 aromatic carbocycles. The van der Waals surface area contributed by atoms with Crippen molar-refractivity contribution in [3.8, 4) is 0 Å². The number of pyridine rings is 2. The van der Waals surface area contributed by atoms with Gasteiger partial charge in [0.1, 0.15) is 18.0 Å². The van der Waals surface area contributed by atoms with Gasteiger partial charge in [0, 0.05) is 58.8 Å². The van der Waals surface area contributed by atoms with Gasteiger partial charge in [0.15, 0.2) is 11.3 Å². The predicted octanol–water partition coefficient (Wildman–Crippen LogP) is 11.3. The van der Waals surface area contributed by atoms with Crippen LogP contribution in [0.25, 0.3) is 22.3 Å². The maximum absolute atomic E-state index is 12.8. The van der Waals surface area contributed by atoms with E-state index in [-0.39, 0.29) is 16.2 Å². The van der Waals surface area contributed by atoms with Gasteiger partial charge in [-0.1, -0.05) is 95.2 Å². The van der Waals surface area contributed by atoms with Gasteiger partial charge in [-0.3, -0.25) is 13.2 Å². The Hall–Kier alpha value is -5.59. The topological polar surface area (TPSA) is 95.0 Å². The van der Waals surface area contributed by atoms with E-state index in [1.54, 1.807) is 18.2 Å². The van der Waals surface area contributed by atoms with E-state index in [0.717, 1.165) is 44.3 Å². The Morgan fingerprint density at radius 2 is 0.983 bits per heavy atom. The number of imidazole rings is 4. The van der Waals surface area contributed by atoms with Crippen molar-refractivity contribution in [1.29, 1.82) is 0 Å². The summed E-state index contributed by atoms with van der Waals surface area (Å²) in [5, 5.41) is 0. The van der Waals surface area contributed by atoms with Crippen LogP contribution in [0.2, 0.25) is 0 Å². The first-order valence-corrected chi connectivity index (χ1v) is 19.8. The van der Waals surface area contributed by atoms with Crippen LogP contribution in [-0.4, -0.2) is 47.5 Å². The number of rotatable bonds is 0. The summed E-state index contributed by atoms with van der Waals surface area (Å²) >= 11 is 0. The molecular weight excluding hydrogens is 750 g/mol. The molecule has 59 heavy (non-hydrogen) atoms. The van der Waals surface area contributed by atoms with Gasteiger partial charge in [-0.2, -0.15) is 13.2 Å². The van der Waals surface area contributed by atoms with Crippen molar-refractivity contribution >= 4 is 22.3 Å². The number of hydrogen-bond donors (Lipinski definition) is 0. The minimum atomic E-state index is -4.44. The number of aromatic nitrogens is 10. The number of halogens is 3. The third-order valence-electron chi connectivity index (χ3n) is 9.45. The standard InChI is InChI=1S/C12H13F3N2.C12H16N2.2C11H15N3/c1-11(2,3)9-8-6-4-5-7-17(8)10(16-9)12(13,14)15;1-9-13-11(12(2,3)4)10-7-5-6-8-14(9)10;1-8-5-12-10-9(11(2,3)4)13-7-14(10)6-8;1-8-13-9(11(2,3)4)10-12-6-5-7-14(8)10/h4-7H,1-3H3;5-8H,1-4H3;2*5-7H,1-4H3. The molecular formula is C46H59F3N10. The molecule has 0 saturated carbocycles. The molecule has 0 radical (unpaired) electrons. The highest BCUT2D eigenvalue weighted by Gasteiger charge is 2.38. The Morgan fingerprint density at radius 3 is 1.54 bits per heavy atom. The molecule has 0 unspecified atom stereocenters. The summed E-state index contributed by atoms with van der Waals surface area (Å²) in [4.78, 5) is 26.1. The number of nitrogens with zero attached hydrogens (tertiary/aromatic N) is 10. The molecule has 8 heterocycles.